The van der Waals surface area contributed by atoms with Gasteiger partial charge in [-0.2, -0.15) is 5.26 Å². The molecule has 0 bridgehead atoms. The van der Waals surface area contributed by atoms with Crippen molar-refractivity contribution in [3.8, 4) is 11.9 Å². The summed E-state index contributed by atoms with van der Waals surface area (Å²) in [5, 5.41) is 11.8. The molecule has 0 aliphatic heterocycles. The van der Waals surface area contributed by atoms with Gasteiger partial charge in [0.25, 0.3) is 5.91 Å². The summed E-state index contributed by atoms with van der Waals surface area (Å²) in [5.74, 6) is -1.06. The van der Waals surface area contributed by atoms with Crippen LogP contribution in [0.4, 0.5) is 5.69 Å². The van der Waals surface area contributed by atoms with Gasteiger partial charge in [0.05, 0.1) is 23.6 Å². The lowest BCUT2D eigenvalue weighted by Gasteiger charge is -2.19. The number of aromatic nitrogens is 1. The Morgan fingerprint density at radius 2 is 1.86 bits per heavy atom. The van der Waals surface area contributed by atoms with Gasteiger partial charge in [0.2, 0.25) is 15.9 Å². The number of anilines is 1. The Labute approximate surface area is 204 Å². The molecule has 2 aromatic rings. The van der Waals surface area contributed by atoms with Crippen LogP contribution in [0.3, 0.4) is 0 Å². The van der Waals surface area contributed by atoms with Crippen molar-refractivity contribution in [2.24, 2.45) is 0 Å². The van der Waals surface area contributed by atoms with Crippen molar-refractivity contribution in [3.05, 3.63) is 47.2 Å². The van der Waals surface area contributed by atoms with Crippen LogP contribution < -0.4 is 20.5 Å². The second kappa shape index (κ2) is 11.6. The van der Waals surface area contributed by atoms with E-state index in [1.54, 1.807) is 39.8 Å². The quantitative estimate of drug-likeness (QED) is 0.409. The Kier molecular flexibility index (Phi) is 9.16. The van der Waals surface area contributed by atoms with E-state index in [1.165, 1.54) is 18.2 Å². The molecule has 2 rings (SSSR count). The first-order valence-corrected chi connectivity index (χ1v) is 12.3. The van der Waals surface area contributed by atoms with Crippen molar-refractivity contribution in [2.75, 3.05) is 18.9 Å². The van der Waals surface area contributed by atoms with Gasteiger partial charge in [-0.3, -0.25) is 9.59 Å². The average molecular weight is 504 g/mol. The van der Waals surface area contributed by atoms with Crippen LogP contribution in [-0.2, 0) is 26.1 Å². The fourth-order valence-electron chi connectivity index (χ4n) is 2.83. The average Bonchev–Trinajstić information content (AvgIpc) is 2.76. The molecule has 0 atom stereocenters. The number of pyridine rings is 1. The van der Waals surface area contributed by atoms with Crippen molar-refractivity contribution < 1.29 is 27.5 Å². The van der Waals surface area contributed by atoms with Gasteiger partial charge in [0, 0.05) is 13.1 Å². The Hall–Kier alpha value is -3.69. The SMILES string of the molecule is CCOc1nc(C(=O)NCc2ccc(S(=O)(=O)NCCC(=O)OC(C)(C)C)cc2)cc(N)c1C#N. The molecule has 1 heterocycles. The van der Waals surface area contributed by atoms with Crippen molar-refractivity contribution in [2.45, 2.75) is 51.2 Å². The van der Waals surface area contributed by atoms with E-state index in [0.29, 0.717) is 5.56 Å². The molecule has 1 aromatic heterocycles. The number of nitrogens with two attached hydrogens (primary N) is 1. The van der Waals surface area contributed by atoms with E-state index < -0.39 is 27.5 Å². The maximum Gasteiger partial charge on any atom is 0.307 e. The number of hydrogen-bond acceptors (Lipinski definition) is 9. The first-order valence-electron chi connectivity index (χ1n) is 10.8. The zero-order valence-corrected chi connectivity index (χ0v) is 20.9. The van der Waals surface area contributed by atoms with Gasteiger partial charge in [-0.25, -0.2) is 18.1 Å². The fourth-order valence-corrected chi connectivity index (χ4v) is 3.86. The van der Waals surface area contributed by atoms with Crippen LogP contribution in [0.5, 0.6) is 5.88 Å². The molecule has 0 saturated carbocycles. The van der Waals surface area contributed by atoms with Crippen molar-refractivity contribution in [1.82, 2.24) is 15.0 Å². The fraction of sp³-hybridized carbons (Fsp3) is 0.391. The first-order chi connectivity index (χ1) is 16.4. The minimum Gasteiger partial charge on any atom is -0.477 e. The molecule has 0 unspecified atom stereocenters. The van der Waals surface area contributed by atoms with Gasteiger partial charge < -0.3 is 20.5 Å². The monoisotopic (exact) mass is 503 g/mol. The molecule has 12 heteroatoms. The summed E-state index contributed by atoms with van der Waals surface area (Å²) in [7, 11) is -3.82. The number of nitrogen functional groups attached to an aromatic ring is 1. The number of benzene rings is 1. The summed E-state index contributed by atoms with van der Waals surface area (Å²) < 4.78 is 37.7. The molecule has 1 amide bonds. The standard InChI is InChI=1S/C23H29N5O6S/c1-5-33-22-17(13-24)18(25)12-19(28-22)21(30)26-14-15-6-8-16(9-7-15)35(31,32)27-11-10-20(29)34-23(2,3)4/h6-9,12,27H,5,10-11,14H2,1-4H3,(H2,25,28)(H,26,30). The molecule has 0 aliphatic carbocycles. The molecule has 0 fully saturated rings. The summed E-state index contributed by atoms with van der Waals surface area (Å²) in [6, 6.07) is 9.07. The van der Waals surface area contributed by atoms with Gasteiger partial charge in [-0.05, 0) is 51.5 Å². The number of hydrogen-bond donors (Lipinski definition) is 3. The number of sulfonamides is 1. The topological polar surface area (TPSA) is 173 Å². The number of carbonyl (C=O) groups is 2. The van der Waals surface area contributed by atoms with E-state index in [4.69, 9.17) is 15.2 Å². The lowest BCUT2D eigenvalue weighted by atomic mass is 10.2. The highest BCUT2D eigenvalue weighted by molar-refractivity contribution is 7.89. The Balaban J connectivity index is 1.97. The van der Waals surface area contributed by atoms with Crippen molar-refractivity contribution >= 4 is 27.6 Å². The Morgan fingerprint density at radius 3 is 2.43 bits per heavy atom. The molecule has 4 N–H and O–H groups in total. The molecular weight excluding hydrogens is 474 g/mol. The number of rotatable bonds is 10. The van der Waals surface area contributed by atoms with Crippen molar-refractivity contribution in [3.63, 3.8) is 0 Å². The molecule has 11 nitrogen and oxygen atoms in total. The normalized spacial score (nSPS) is 11.4. The summed E-state index contributed by atoms with van der Waals surface area (Å²) in [6.07, 6.45) is -0.0977. The number of amides is 1. The predicted molar refractivity (Wildman–Crippen MR) is 128 cm³/mol. The largest absolute Gasteiger partial charge is 0.477 e. The Bertz CT molecular complexity index is 1210. The molecule has 0 radical (unpaired) electrons. The highest BCUT2D eigenvalue weighted by atomic mass is 32.2. The smallest absolute Gasteiger partial charge is 0.307 e. The van der Waals surface area contributed by atoms with Crippen LogP contribution in [0.1, 0.15) is 55.7 Å². The molecule has 0 aliphatic rings. The third kappa shape index (κ3) is 8.24. The zero-order valence-electron chi connectivity index (χ0n) is 20.0. The van der Waals surface area contributed by atoms with Crippen LogP contribution in [0.2, 0.25) is 0 Å². The van der Waals surface area contributed by atoms with Crippen LogP contribution in [0, 0.1) is 11.3 Å². The molecule has 35 heavy (non-hydrogen) atoms. The Morgan fingerprint density at radius 1 is 1.20 bits per heavy atom. The van der Waals surface area contributed by atoms with Crippen LogP contribution in [-0.4, -0.2) is 44.0 Å². The second-order valence-corrected chi connectivity index (χ2v) is 10.1. The third-order valence-corrected chi connectivity index (χ3v) is 5.85. The van der Waals surface area contributed by atoms with E-state index in [0.717, 1.165) is 0 Å². The van der Waals surface area contributed by atoms with Gasteiger partial charge >= 0.3 is 5.97 Å². The van der Waals surface area contributed by atoms with E-state index in [9.17, 15) is 23.3 Å². The zero-order chi connectivity index (χ0) is 26.2. The molecule has 1 aromatic carbocycles. The van der Waals surface area contributed by atoms with Crippen LogP contribution in [0.15, 0.2) is 35.2 Å². The maximum atomic E-state index is 12.5. The van der Waals surface area contributed by atoms with Crippen molar-refractivity contribution in [1.29, 1.82) is 5.26 Å². The van der Waals surface area contributed by atoms with Gasteiger partial charge in [0.15, 0.2) is 0 Å². The summed E-state index contributed by atoms with van der Waals surface area (Å²) >= 11 is 0. The predicted octanol–water partition coefficient (Wildman–Crippen LogP) is 1.87. The number of ether oxygens (including phenoxy) is 2. The highest BCUT2D eigenvalue weighted by Gasteiger charge is 2.19. The minimum atomic E-state index is -3.82. The lowest BCUT2D eigenvalue weighted by Crippen LogP contribution is -2.29. The van der Waals surface area contributed by atoms with Gasteiger partial charge in [-0.1, -0.05) is 12.1 Å². The lowest BCUT2D eigenvalue weighted by molar-refractivity contribution is -0.154. The molecule has 188 valence electrons. The van der Waals surface area contributed by atoms with Crippen LogP contribution >= 0.6 is 0 Å². The first kappa shape index (κ1) is 27.6. The number of nitriles is 1. The minimum absolute atomic E-state index is 0.0136. The van der Waals surface area contributed by atoms with E-state index in [1.807, 2.05) is 6.07 Å². The second-order valence-electron chi connectivity index (χ2n) is 8.38. The van der Waals surface area contributed by atoms with E-state index in [-0.39, 0.29) is 53.8 Å². The summed E-state index contributed by atoms with van der Waals surface area (Å²) in [5.41, 5.74) is 5.94. The van der Waals surface area contributed by atoms with Crippen LogP contribution in [0.25, 0.3) is 0 Å². The molecular formula is C23H29N5O6S. The third-order valence-electron chi connectivity index (χ3n) is 4.37. The maximum absolute atomic E-state index is 12.5. The molecule has 0 saturated heterocycles. The van der Waals surface area contributed by atoms with E-state index in [2.05, 4.69) is 15.0 Å². The summed E-state index contributed by atoms with van der Waals surface area (Å²) in [6.45, 7) is 7.15. The number of carbonyl (C=O) groups excluding carboxylic acids is 2. The highest BCUT2D eigenvalue weighted by Crippen LogP contribution is 2.22. The van der Waals surface area contributed by atoms with Gasteiger partial charge in [0.1, 0.15) is 22.9 Å². The van der Waals surface area contributed by atoms with Gasteiger partial charge in [-0.15, -0.1) is 0 Å². The van der Waals surface area contributed by atoms with E-state index >= 15 is 0 Å². The number of esters is 1. The number of nitrogens with zero attached hydrogens (tertiary/aromatic N) is 2. The molecule has 0 spiro atoms. The summed E-state index contributed by atoms with van der Waals surface area (Å²) in [4.78, 5) is 28.3. The number of nitrogens with one attached hydrogen (secondary N) is 2.